The summed E-state index contributed by atoms with van der Waals surface area (Å²) in [5, 5.41) is 5.30. The molecular formula is C17H15N6O4S2+. The molecule has 148 valence electrons. The van der Waals surface area contributed by atoms with Gasteiger partial charge in [-0.25, -0.2) is 14.8 Å². The van der Waals surface area contributed by atoms with E-state index in [2.05, 4.69) is 20.3 Å². The Morgan fingerprint density at radius 1 is 1.41 bits per heavy atom. The second-order valence-electron chi connectivity index (χ2n) is 6.07. The van der Waals surface area contributed by atoms with Crippen LogP contribution in [0.5, 0.6) is 0 Å². The number of imide groups is 1. The summed E-state index contributed by atoms with van der Waals surface area (Å²) in [5.74, 6) is -0.687. The van der Waals surface area contributed by atoms with E-state index in [4.69, 9.17) is 4.42 Å². The highest BCUT2D eigenvalue weighted by molar-refractivity contribution is 8.14. The van der Waals surface area contributed by atoms with E-state index >= 15 is 0 Å². The molecule has 2 aromatic rings. The number of amidine groups is 2. The van der Waals surface area contributed by atoms with E-state index in [0.29, 0.717) is 15.9 Å². The van der Waals surface area contributed by atoms with Crippen molar-refractivity contribution in [2.45, 2.75) is 0 Å². The molecule has 4 rings (SSSR count). The molecule has 10 nitrogen and oxygen atoms in total. The summed E-state index contributed by atoms with van der Waals surface area (Å²) in [6.45, 7) is 0. The van der Waals surface area contributed by atoms with E-state index in [1.807, 2.05) is 0 Å². The molecule has 0 aliphatic carbocycles. The Kier molecular flexibility index (Phi) is 5.11. The van der Waals surface area contributed by atoms with E-state index in [1.54, 1.807) is 30.8 Å². The second kappa shape index (κ2) is 7.72. The van der Waals surface area contributed by atoms with Gasteiger partial charge in [-0.3, -0.25) is 9.59 Å². The molecule has 1 unspecified atom stereocenters. The van der Waals surface area contributed by atoms with Gasteiger partial charge in [0.25, 0.3) is 11.7 Å². The molecule has 0 saturated carbocycles. The lowest BCUT2D eigenvalue weighted by molar-refractivity contribution is -0.407. The number of carbonyl (C=O) groups excluding carboxylic acids is 3. The lowest BCUT2D eigenvalue weighted by Crippen LogP contribution is -2.54. The fourth-order valence-electron chi connectivity index (χ4n) is 2.78. The molecule has 0 spiro atoms. The monoisotopic (exact) mass is 431 g/mol. The fraction of sp³-hybridized carbons (Fsp3) is 0.235. The summed E-state index contributed by atoms with van der Waals surface area (Å²) >= 11 is 2.42. The molecule has 0 radical (unpaired) electrons. The Labute approximate surface area is 173 Å². The highest BCUT2D eigenvalue weighted by Gasteiger charge is 2.49. The smallest absolute Gasteiger partial charge is 0.445 e. The molecule has 2 aromatic heterocycles. The number of nitrogens with zero attached hydrogens (tertiary/aromatic N) is 5. The Morgan fingerprint density at radius 3 is 2.93 bits per heavy atom. The molecule has 2 aliphatic rings. The van der Waals surface area contributed by atoms with Crippen molar-refractivity contribution < 1.29 is 23.4 Å². The van der Waals surface area contributed by atoms with Crippen molar-refractivity contribution in [3.63, 3.8) is 0 Å². The van der Waals surface area contributed by atoms with Crippen molar-refractivity contribution >= 4 is 62.8 Å². The molecule has 0 bridgehead atoms. The first-order chi connectivity index (χ1) is 14.0. The average molecular weight is 431 g/mol. The van der Waals surface area contributed by atoms with Crippen LogP contribution in [0.15, 0.2) is 44.4 Å². The summed E-state index contributed by atoms with van der Waals surface area (Å²) in [5.41, 5.74) is 0. The molecular weight excluding hydrogens is 416 g/mol. The third kappa shape index (κ3) is 3.63. The Morgan fingerprint density at radius 2 is 2.24 bits per heavy atom. The Hall–Kier alpha value is -3.12. The zero-order valence-electron chi connectivity index (χ0n) is 15.4. The first-order valence-corrected chi connectivity index (χ1v) is 10.3. The Balaban J connectivity index is 1.64. The van der Waals surface area contributed by atoms with Crippen molar-refractivity contribution in [1.29, 1.82) is 0 Å². The van der Waals surface area contributed by atoms with E-state index in [9.17, 15) is 14.4 Å². The third-order valence-corrected chi connectivity index (χ3v) is 5.93. The largest absolute Gasteiger partial charge is 0.459 e. The van der Waals surface area contributed by atoms with Gasteiger partial charge in [-0.2, -0.15) is 9.48 Å². The van der Waals surface area contributed by atoms with Crippen LogP contribution in [-0.2, 0) is 9.59 Å². The van der Waals surface area contributed by atoms with Crippen LogP contribution in [0.2, 0.25) is 0 Å². The SMILES string of the molecule is CN1C(=O)C2C(SCC(=O)Nc3nccs3)=NC(c3ccco3)=NC2=[N+](C)C1=O. The maximum absolute atomic E-state index is 12.8. The predicted octanol–water partition coefficient (Wildman–Crippen LogP) is 1.52. The quantitative estimate of drug-likeness (QED) is 0.733. The lowest BCUT2D eigenvalue weighted by Gasteiger charge is -2.26. The summed E-state index contributed by atoms with van der Waals surface area (Å²) in [6.07, 6.45) is 3.07. The number of thioether (sulfide) groups is 1. The molecule has 12 heteroatoms. The molecule has 4 heterocycles. The van der Waals surface area contributed by atoms with Gasteiger partial charge in [0.1, 0.15) is 5.04 Å². The molecule has 1 N–H and O–H groups in total. The number of thiazole rings is 1. The zero-order valence-corrected chi connectivity index (χ0v) is 17.0. The summed E-state index contributed by atoms with van der Waals surface area (Å²) in [6, 6.07) is 2.88. The van der Waals surface area contributed by atoms with Crippen molar-refractivity contribution in [3.8, 4) is 0 Å². The zero-order chi connectivity index (χ0) is 20.5. The number of carbonyl (C=O) groups is 3. The second-order valence-corrected chi connectivity index (χ2v) is 7.96. The van der Waals surface area contributed by atoms with Gasteiger partial charge in [-0.1, -0.05) is 16.8 Å². The summed E-state index contributed by atoms with van der Waals surface area (Å²) in [4.78, 5) is 51.2. The third-order valence-electron chi connectivity index (χ3n) is 4.21. The maximum Gasteiger partial charge on any atom is 0.445 e. The van der Waals surface area contributed by atoms with Crippen LogP contribution in [0, 0.1) is 5.92 Å². The topological polar surface area (TPSA) is 120 Å². The van der Waals surface area contributed by atoms with E-state index in [1.165, 1.54) is 29.2 Å². The van der Waals surface area contributed by atoms with E-state index < -0.39 is 17.9 Å². The number of fused-ring (bicyclic) bond motifs is 1. The number of amides is 4. The number of aromatic nitrogens is 1. The standard InChI is InChI=1S/C17H14N6O4S2/c1-22-13-11(15(25)23(2)17(22)26)14(21-12(20-13)9-4-3-6-27-9)29-8-10(24)19-16-18-5-7-28-16/h3-7,11H,8H2,1-2H3/p+1. The Bertz CT molecular complexity index is 1070. The lowest BCUT2D eigenvalue weighted by atomic mass is 10.0. The van der Waals surface area contributed by atoms with Crippen LogP contribution in [-0.4, -0.2) is 68.9 Å². The number of hydrogen-bond donors (Lipinski definition) is 1. The number of rotatable bonds is 4. The van der Waals surface area contributed by atoms with Crippen LogP contribution in [0.1, 0.15) is 5.76 Å². The van der Waals surface area contributed by atoms with Crippen LogP contribution in [0.3, 0.4) is 0 Å². The van der Waals surface area contributed by atoms with Crippen LogP contribution in [0.4, 0.5) is 9.93 Å². The minimum absolute atomic E-state index is 0.0162. The van der Waals surface area contributed by atoms with Gasteiger partial charge < -0.3 is 9.73 Å². The summed E-state index contributed by atoms with van der Waals surface area (Å²) < 4.78 is 6.67. The van der Waals surface area contributed by atoms with Gasteiger partial charge in [0.05, 0.1) is 26.1 Å². The van der Waals surface area contributed by atoms with Crippen molar-refractivity contribution in [2.24, 2.45) is 15.9 Å². The molecule has 1 atom stereocenters. The van der Waals surface area contributed by atoms with E-state index in [0.717, 1.165) is 16.7 Å². The summed E-state index contributed by atoms with van der Waals surface area (Å²) in [7, 11) is 2.95. The molecule has 4 amide bonds. The van der Waals surface area contributed by atoms with Gasteiger partial charge in [-0.15, -0.1) is 11.3 Å². The van der Waals surface area contributed by atoms with Gasteiger partial charge in [0, 0.05) is 11.6 Å². The van der Waals surface area contributed by atoms with Crippen molar-refractivity contribution in [1.82, 2.24) is 9.88 Å². The number of aliphatic imine (C=N–C) groups is 2. The average Bonchev–Trinajstić information content (AvgIpc) is 3.42. The van der Waals surface area contributed by atoms with Crippen LogP contribution in [0.25, 0.3) is 0 Å². The number of anilines is 1. The molecule has 0 aromatic carbocycles. The number of urea groups is 1. The maximum atomic E-state index is 12.8. The highest BCUT2D eigenvalue weighted by Crippen LogP contribution is 2.26. The minimum atomic E-state index is -0.862. The van der Waals surface area contributed by atoms with Gasteiger partial charge in [0.15, 0.2) is 16.8 Å². The van der Waals surface area contributed by atoms with Gasteiger partial charge in [0.2, 0.25) is 5.91 Å². The van der Waals surface area contributed by atoms with Gasteiger partial charge in [-0.05, 0) is 12.1 Å². The first kappa shape index (κ1) is 19.2. The van der Waals surface area contributed by atoms with Crippen LogP contribution >= 0.6 is 23.1 Å². The van der Waals surface area contributed by atoms with Gasteiger partial charge >= 0.3 is 11.9 Å². The number of furan rings is 1. The fourth-order valence-corrected chi connectivity index (χ4v) is 4.20. The minimum Gasteiger partial charge on any atom is -0.459 e. The molecule has 0 saturated heterocycles. The molecule has 0 fully saturated rings. The van der Waals surface area contributed by atoms with Crippen molar-refractivity contribution in [2.75, 3.05) is 25.2 Å². The molecule has 29 heavy (non-hydrogen) atoms. The number of nitrogens with one attached hydrogen (secondary N) is 1. The number of hydrogen-bond acceptors (Lipinski definition) is 9. The van der Waals surface area contributed by atoms with Crippen LogP contribution < -0.4 is 5.32 Å². The van der Waals surface area contributed by atoms with E-state index in [-0.39, 0.29) is 23.3 Å². The normalized spacial score (nSPS) is 19.1. The first-order valence-electron chi connectivity index (χ1n) is 8.41. The predicted molar refractivity (Wildman–Crippen MR) is 109 cm³/mol. The van der Waals surface area contributed by atoms with Crippen molar-refractivity contribution in [3.05, 3.63) is 35.7 Å². The molecule has 2 aliphatic heterocycles. The highest BCUT2D eigenvalue weighted by atomic mass is 32.2.